The second kappa shape index (κ2) is 5.30. The topological polar surface area (TPSA) is 62.2 Å². The molecule has 1 heterocycles. The molecular weight excluding hydrogens is 204 g/mol. The van der Waals surface area contributed by atoms with E-state index in [1.807, 2.05) is 13.0 Å². The molecule has 0 fully saturated rings. The maximum Gasteiger partial charge on any atom is 0.335 e. The van der Waals surface area contributed by atoms with E-state index in [1.165, 1.54) is 18.3 Å². The zero-order valence-corrected chi connectivity index (χ0v) is 9.69. The SMILES string of the molecule is CC=C(Nc1cc(C(=O)O)ccn1)C(C)C. The molecule has 0 aromatic carbocycles. The summed E-state index contributed by atoms with van der Waals surface area (Å²) in [5.74, 6) is -0.0426. The zero-order valence-electron chi connectivity index (χ0n) is 9.69. The molecule has 1 aromatic rings. The number of carboxylic acid groups (broad SMARTS) is 1. The number of carboxylic acids is 1. The van der Waals surface area contributed by atoms with Crippen LogP contribution in [0.15, 0.2) is 30.1 Å². The van der Waals surface area contributed by atoms with E-state index in [0.717, 1.165) is 5.70 Å². The number of nitrogens with zero attached hydrogens (tertiary/aromatic N) is 1. The summed E-state index contributed by atoms with van der Waals surface area (Å²) in [6, 6.07) is 2.99. The first kappa shape index (κ1) is 12.2. The van der Waals surface area contributed by atoms with Gasteiger partial charge in [-0.25, -0.2) is 9.78 Å². The Labute approximate surface area is 95.0 Å². The average Bonchev–Trinajstić information content (AvgIpc) is 2.25. The first-order valence-corrected chi connectivity index (χ1v) is 5.17. The summed E-state index contributed by atoms with van der Waals surface area (Å²) in [6.07, 6.45) is 3.44. The molecular formula is C12H16N2O2. The lowest BCUT2D eigenvalue weighted by Gasteiger charge is -2.13. The van der Waals surface area contributed by atoms with Crippen LogP contribution in [0.5, 0.6) is 0 Å². The van der Waals surface area contributed by atoms with E-state index in [1.54, 1.807) is 0 Å². The molecule has 0 bridgehead atoms. The lowest BCUT2D eigenvalue weighted by Crippen LogP contribution is -2.08. The van der Waals surface area contributed by atoms with Crippen molar-refractivity contribution in [2.45, 2.75) is 20.8 Å². The van der Waals surface area contributed by atoms with E-state index in [9.17, 15) is 4.79 Å². The molecule has 0 spiro atoms. The number of hydrogen-bond donors (Lipinski definition) is 2. The number of hydrogen-bond acceptors (Lipinski definition) is 3. The summed E-state index contributed by atoms with van der Waals surface area (Å²) < 4.78 is 0. The number of carbonyl (C=O) groups is 1. The molecule has 0 aliphatic heterocycles. The fourth-order valence-electron chi connectivity index (χ4n) is 1.33. The molecule has 0 unspecified atom stereocenters. The highest BCUT2D eigenvalue weighted by Crippen LogP contribution is 2.14. The van der Waals surface area contributed by atoms with Gasteiger partial charge in [-0.3, -0.25) is 0 Å². The summed E-state index contributed by atoms with van der Waals surface area (Å²) in [6.45, 7) is 6.05. The standard InChI is InChI=1S/C12H16N2O2/c1-4-10(8(2)3)14-11-7-9(12(15)16)5-6-13-11/h4-8H,1-3H3,(H,13,14)(H,15,16). The third-order valence-electron chi connectivity index (χ3n) is 2.21. The minimum absolute atomic E-state index is 0.233. The van der Waals surface area contributed by atoms with Crippen LogP contribution in [0.25, 0.3) is 0 Å². The summed E-state index contributed by atoms with van der Waals surface area (Å²) >= 11 is 0. The number of aromatic nitrogens is 1. The summed E-state index contributed by atoms with van der Waals surface area (Å²) in [7, 11) is 0. The Bertz CT molecular complexity index is 411. The first-order chi connectivity index (χ1) is 7.54. The van der Waals surface area contributed by atoms with Gasteiger partial charge < -0.3 is 10.4 Å². The van der Waals surface area contributed by atoms with Crippen molar-refractivity contribution in [3.8, 4) is 0 Å². The Morgan fingerprint density at radius 1 is 1.56 bits per heavy atom. The summed E-state index contributed by atoms with van der Waals surface area (Å²) in [4.78, 5) is 14.8. The predicted molar refractivity (Wildman–Crippen MR) is 63.4 cm³/mol. The van der Waals surface area contributed by atoms with Gasteiger partial charge in [-0.2, -0.15) is 0 Å². The number of rotatable bonds is 4. The van der Waals surface area contributed by atoms with E-state index in [2.05, 4.69) is 24.1 Å². The van der Waals surface area contributed by atoms with Gasteiger partial charge in [0.25, 0.3) is 0 Å². The van der Waals surface area contributed by atoms with Gasteiger partial charge in [-0.1, -0.05) is 19.9 Å². The first-order valence-electron chi connectivity index (χ1n) is 5.17. The van der Waals surface area contributed by atoms with E-state index in [4.69, 9.17) is 5.11 Å². The zero-order chi connectivity index (χ0) is 12.1. The van der Waals surface area contributed by atoms with Gasteiger partial charge in [-0.05, 0) is 25.0 Å². The molecule has 0 radical (unpaired) electrons. The number of anilines is 1. The van der Waals surface area contributed by atoms with Crippen LogP contribution in [0.3, 0.4) is 0 Å². The van der Waals surface area contributed by atoms with Gasteiger partial charge in [0, 0.05) is 11.9 Å². The van der Waals surface area contributed by atoms with Gasteiger partial charge in [0.2, 0.25) is 0 Å². The highest BCUT2D eigenvalue weighted by Gasteiger charge is 2.06. The normalized spacial score (nSPS) is 11.6. The van der Waals surface area contributed by atoms with Crippen molar-refractivity contribution in [1.29, 1.82) is 0 Å². The van der Waals surface area contributed by atoms with Crippen LogP contribution >= 0.6 is 0 Å². The number of aromatic carboxylic acids is 1. The molecule has 86 valence electrons. The molecule has 0 aliphatic carbocycles. The highest BCUT2D eigenvalue weighted by atomic mass is 16.4. The van der Waals surface area contributed by atoms with Gasteiger partial charge in [0.15, 0.2) is 0 Å². The second-order valence-electron chi connectivity index (χ2n) is 3.76. The maximum atomic E-state index is 10.8. The molecule has 1 rings (SSSR count). The monoisotopic (exact) mass is 220 g/mol. The largest absolute Gasteiger partial charge is 0.478 e. The molecule has 4 nitrogen and oxygen atoms in total. The quantitative estimate of drug-likeness (QED) is 0.819. The van der Waals surface area contributed by atoms with Gasteiger partial charge in [-0.15, -0.1) is 0 Å². The Hall–Kier alpha value is -1.84. The van der Waals surface area contributed by atoms with Crippen LogP contribution in [0, 0.1) is 5.92 Å². The van der Waals surface area contributed by atoms with Crippen LogP contribution in [0.2, 0.25) is 0 Å². The Kier molecular flexibility index (Phi) is 4.05. The van der Waals surface area contributed by atoms with Gasteiger partial charge in [0.1, 0.15) is 5.82 Å². The van der Waals surface area contributed by atoms with Crippen molar-refractivity contribution in [3.05, 3.63) is 35.7 Å². The number of nitrogens with one attached hydrogen (secondary N) is 1. The smallest absolute Gasteiger partial charge is 0.335 e. The van der Waals surface area contributed by atoms with Crippen molar-refractivity contribution in [2.75, 3.05) is 5.32 Å². The number of pyridine rings is 1. The Balaban J connectivity index is 2.89. The Morgan fingerprint density at radius 2 is 2.25 bits per heavy atom. The van der Waals surface area contributed by atoms with Gasteiger partial charge in [0.05, 0.1) is 5.56 Å². The minimum Gasteiger partial charge on any atom is -0.478 e. The molecule has 0 atom stereocenters. The average molecular weight is 220 g/mol. The van der Waals surface area contributed by atoms with Crippen LogP contribution in [0.1, 0.15) is 31.1 Å². The molecule has 0 amide bonds. The maximum absolute atomic E-state index is 10.8. The van der Waals surface area contributed by atoms with Crippen LogP contribution < -0.4 is 5.32 Å². The third-order valence-corrected chi connectivity index (χ3v) is 2.21. The summed E-state index contributed by atoms with van der Waals surface area (Å²) in [5, 5.41) is 11.9. The lowest BCUT2D eigenvalue weighted by molar-refractivity contribution is 0.0697. The molecule has 1 aromatic heterocycles. The van der Waals surface area contributed by atoms with Crippen molar-refractivity contribution >= 4 is 11.8 Å². The van der Waals surface area contributed by atoms with Crippen LogP contribution in [0.4, 0.5) is 5.82 Å². The van der Waals surface area contributed by atoms with E-state index in [0.29, 0.717) is 11.7 Å². The van der Waals surface area contributed by atoms with Crippen LogP contribution in [-0.4, -0.2) is 16.1 Å². The van der Waals surface area contributed by atoms with Crippen molar-refractivity contribution < 1.29 is 9.90 Å². The van der Waals surface area contributed by atoms with E-state index in [-0.39, 0.29) is 5.56 Å². The van der Waals surface area contributed by atoms with E-state index >= 15 is 0 Å². The van der Waals surface area contributed by atoms with Crippen molar-refractivity contribution in [3.63, 3.8) is 0 Å². The van der Waals surface area contributed by atoms with E-state index < -0.39 is 5.97 Å². The molecule has 4 heteroatoms. The molecule has 0 saturated carbocycles. The summed E-state index contributed by atoms with van der Waals surface area (Å²) in [5.41, 5.74) is 1.26. The fraction of sp³-hybridized carbons (Fsp3) is 0.333. The number of allylic oxidation sites excluding steroid dienone is 2. The fourth-order valence-corrected chi connectivity index (χ4v) is 1.33. The molecule has 0 aliphatic rings. The van der Waals surface area contributed by atoms with Crippen molar-refractivity contribution in [2.24, 2.45) is 5.92 Å². The Morgan fingerprint density at radius 3 is 2.75 bits per heavy atom. The third kappa shape index (κ3) is 3.08. The predicted octanol–water partition coefficient (Wildman–Crippen LogP) is 2.75. The van der Waals surface area contributed by atoms with Gasteiger partial charge >= 0.3 is 5.97 Å². The van der Waals surface area contributed by atoms with Crippen molar-refractivity contribution in [1.82, 2.24) is 4.98 Å². The molecule has 16 heavy (non-hydrogen) atoms. The molecule has 0 saturated heterocycles. The highest BCUT2D eigenvalue weighted by molar-refractivity contribution is 5.88. The second-order valence-corrected chi connectivity index (χ2v) is 3.76. The lowest BCUT2D eigenvalue weighted by atomic mass is 10.1. The molecule has 2 N–H and O–H groups in total. The van der Waals surface area contributed by atoms with Crippen LogP contribution in [-0.2, 0) is 0 Å². The minimum atomic E-state index is -0.947.